The Labute approximate surface area is 160 Å². The van der Waals surface area contributed by atoms with Gasteiger partial charge in [-0.1, -0.05) is 12.1 Å². The summed E-state index contributed by atoms with van der Waals surface area (Å²) in [5.74, 6) is 0.902. The van der Waals surface area contributed by atoms with E-state index in [1.807, 2.05) is 25.1 Å². The predicted octanol–water partition coefficient (Wildman–Crippen LogP) is -0.424. The van der Waals surface area contributed by atoms with E-state index in [1.165, 1.54) is 16.2 Å². The highest BCUT2D eigenvalue weighted by molar-refractivity contribution is 5.74. The Hall–Kier alpha value is -3.11. The van der Waals surface area contributed by atoms with Crippen molar-refractivity contribution >= 4 is 17.1 Å². The molecule has 4 N–H and O–H groups in total. The van der Waals surface area contributed by atoms with Gasteiger partial charge < -0.3 is 24.8 Å². The van der Waals surface area contributed by atoms with Crippen LogP contribution in [0.15, 0.2) is 33.9 Å². The topological polar surface area (TPSA) is 134 Å². The van der Waals surface area contributed by atoms with Gasteiger partial charge in [0, 0.05) is 13.6 Å². The third-order valence-electron chi connectivity index (χ3n) is 4.23. The van der Waals surface area contributed by atoms with Crippen molar-refractivity contribution in [1.82, 2.24) is 19.1 Å². The first-order chi connectivity index (χ1) is 13.4. The summed E-state index contributed by atoms with van der Waals surface area (Å²) < 4.78 is 8.31. The monoisotopic (exact) mass is 389 g/mol. The lowest BCUT2D eigenvalue weighted by atomic mass is 10.2. The average molecular weight is 389 g/mol. The zero-order valence-corrected chi connectivity index (χ0v) is 15.7. The molecule has 0 radical (unpaired) electrons. The van der Waals surface area contributed by atoms with Crippen molar-refractivity contribution in [1.29, 1.82) is 0 Å². The fourth-order valence-electron chi connectivity index (χ4n) is 2.88. The molecular formula is C18H23N5O5. The Bertz CT molecular complexity index is 1080. The molecule has 0 aliphatic rings. The van der Waals surface area contributed by atoms with E-state index in [9.17, 15) is 14.7 Å². The van der Waals surface area contributed by atoms with Gasteiger partial charge in [0.25, 0.3) is 5.56 Å². The van der Waals surface area contributed by atoms with E-state index in [4.69, 9.17) is 9.84 Å². The van der Waals surface area contributed by atoms with Crippen molar-refractivity contribution in [2.24, 2.45) is 7.05 Å². The number of aromatic nitrogens is 4. The van der Waals surface area contributed by atoms with Crippen molar-refractivity contribution in [3.8, 4) is 5.75 Å². The number of rotatable bonds is 8. The molecule has 0 aliphatic carbocycles. The van der Waals surface area contributed by atoms with E-state index in [-0.39, 0.29) is 43.4 Å². The lowest BCUT2D eigenvalue weighted by molar-refractivity contribution is 0.0938. The van der Waals surface area contributed by atoms with Crippen LogP contribution >= 0.6 is 0 Å². The first-order valence-corrected chi connectivity index (χ1v) is 8.82. The molecule has 2 heterocycles. The van der Waals surface area contributed by atoms with E-state index >= 15 is 0 Å². The standard InChI is InChI=1S/C18H23N5O5/c1-11-4-3-5-13(8-11)28-10-12(25)9-23-14-15(20-17(23)19-6-7-24)22(2)18(27)21-16(14)26/h3-5,8,12,24-25H,6-7,9-10H2,1-2H3,(H,19,20)(H,21,26,27)/t12-/m1/s1. The molecule has 0 amide bonds. The summed E-state index contributed by atoms with van der Waals surface area (Å²) in [6, 6.07) is 7.45. The molecule has 28 heavy (non-hydrogen) atoms. The minimum absolute atomic E-state index is 0.00619. The van der Waals surface area contributed by atoms with Crippen LogP contribution in [0.2, 0.25) is 0 Å². The first-order valence-electron chi connectivity index (χ1n) is 8.82. The third kappa shape index (κ3) is 4.07. The van der Waals surface area contributed by atoms with Gasteiger partial charge in [-0.25, -0.2) is 4.79 Å². The van der Waals surface area contributed by atoms with Crippen LogP contribution in [0.1, 0.15) is 5.56 Å². The van der Waals surface area contributed by atoms with Crippen LogP contribution in [0.5, 0.6) is 5.75 Å². The van der Waals surface area contributed by atoms with Gasteiger partial charge in [-0.05, 0) is 24.6 Å². The van der Waals surface area contributed by atoms with Crippen LogP contribution in [0.3, 0.4) is 0 Å². The minimum atomic E-state index is -0.941. The summed E-state index contributed by atoms with van der Waals surface area (Å²) in [6.45, 7) is 2.02. The van der Waals surface area contributed by atoms with Gasteiger partial charge in [-0.3, -0.25) is 14.3 Å². The number of hydrogen-bond donors (Lipinski definition) is 4. The molecule has 10 nitrogen and oxygen atoms in total. The lowest BCUT2D eigenvalue weighted by Gasteiger charge is -2.16. The second-order valence-electron chi connectivity index (χ2n) is 6.47. The summed E-state index contributed by atoms with van der Waals surface area (Å²) >= 11 is 0. The molecule has 3 aromatic rings. The summed E-state index contributed by atoms with van der Waals surface area (Å²) in [5.41, 5.74) is 0.183. The number of aliphatic hydroxyl groups is 2. The molecule has 1 aromatic carbocycles. The second-order valence-corrected chi connectivity index (χ2v) is 6.47. The third-order valence-corrected chi connectivity index (χ3v) is 4.23. The number of fused-ring (bicyclic) bond motifs is 1. The predicted molar refractivity (Wildman–Crippen MR) is 104 cm³/mol. The van der Waals surface area contributed by atoms with Crippen LogP contribution in [-0.4, -0.2) is 55.2 Å². The number of hydrogen-bond acceptors (Lipinski definition) is 7. The maximum absolute atomic E-state index is 12.3. The number of nitrogens with zero attached hydrogens (tertiary/aromatic N) is 3. The average Bonchev–Trinajstić information content (AvgIpc) is 3.02. The number of aliphatic hydroxyl groups excluding tert-OH is 2. The molecule has 150 valence electrons. The molecular weight excluding hydrogens is 366 g/mol. The van der Waals surface area contributed by atoms with Crippen LogP contribution in [-0.2, 0) is 13.6 Å². The fourth-order valence-corrected chi connectivity index (χ4v) is 2.88. The highest BCUT2D eigenvalue weighted by atomic mass is 16.5. The van der Waals surface area contributed by atoms with E-state index in [1.54, 1.807) is 6.07 Å². The van der Waals surface area contributed by atoms with Crippen LogP contribution in [0, 0.1) is 6.92 Å². The zero-order valence-electron chi connectivity index (χ0n) is 15.7. The molecule has 0 unspecified atom stereocenters. The second kappa shape index (κ2) is 8.28. The molecule has 0 spiro atoms. The van der Waals surface area contributed by atoms with E-state index in [0.717, 1.165) is 5.56 Å². The number of ether oxygens (including phenoxy) is 1. The van der Waals surface area contributed by atoms with Gasteiger partial charge in [-0.15, -0.1) is 0 Å². The SMILES string of the molecule is Cc1cccc(OC[C@H](O)Cn2c(NCCO)nc3c2c(=O)[nH]c(=O)n3C)c1. The van der Waals surface area contributed by atoms with Crippen LogP contribution in [0.4, 0.5) is 5.95 Å². The fraction of sp³-hybridized carbons (Fsp3) is 0.389. The van der Waals surface area contributed by atoms with Gasteiger partial charge in [0.15, 0.2) is 11.2 Å². The number of nitrogens with one attached hydrogen (secondary N) is 2. The summed E-state index contributed by atoms with van der Waals surface area (Å²) in [4.78, 5) is 30.7. The lowest BCUT2D eigenvalue weighted by Crippen LogP contribution is -2.31. The molecule has 0 fully saturated rings. The molecule has 0 saturated carbocycles. The Balaban J connectivity index is 1.88. The highest BCUT2D eigenvalue weighted by Crippen LogP contribution is 2.17. The molecule has 0 aliphatic heterocycles. The number of aromatic amines is 1. The van der Waals surface area contributed by atoms with Crippen LogP contribution < -0.4 is 21.3 Å². The zero-order chi connectivity index (χ0) is 20.3. The Morgan fingerprint density at radius 2 is 2.14 bits per heavy atom. The van der Waals surface area contributed by atoms with Crippen LogP contribution in [0.25, 0.3) is 11.2 Å². The number of imidazole rings is 1. The van der Waals surface area contributed by atoms with Crippen molar-refractivity contribution < 1.29 is 14.9 Å². The number of H-pyrrole nitrogens is 1. The molecule has 10 heteroatoms. The molecule has 0 saturated heterocycles. The highest BCUT2D eigenvalue weighted by Gasteiger charge is 2.19. The van der Waals surface area contributed by atoms with E-state index in [0.29, 0.717) is 5.75 Å². The van der Waals surface area contributed by atoms with E-state index in [2.05, 4.69) is 15.3 Å². The largest absolute Gasteiger partial charge is 0.491 e. The molecule has 0 bridgehead atoms. The smallest absolute Gasteiger partial charge is 0.329 e. The first kappa shape index (κ1) is 19.6. The summed E-state index contributed by atoms with van der Waals surface area (Å²) in [6.07, 6.45) is -0.941. The Kier molecular flexibility index (Phi) is 5.81. The maximum Gasteiger partial charge on any atom is 0.329 e. The van der Waals surface area contributed by atoms with Crippen molar-refractivity contribution in [3.05, 3.63) is 50.7 Å². The maximum atomic E-state index is 12.3. The number of anilines is 1. The van der Waals surface area contributed by atoms with E-state index < -0.39 is 17.4 Å². The molecule has 1 atom stereocenters. The van der Waals surface area contributed by atoms with Gasteiger partial charge in [-0.2, -0.15) is 4.98 Å². The number of aryl methyl sites for hydroxylation is 2. The summed E-state index contributed by atoms with van der Waals surface area (Å²) in [5, 5.41) is 22.4. The Morgan fingerprint density at radius 1 is 1.36 bits per heavy atom. The Morgan fingerprint density at radius 3 is 2.86 bits per heavy atom. The molecule has 3 rings (SSSR count). The minimum Gasteiger partial charge on any atom is -0.491 e. The molecule has 2 aromatic heterocycles. The van der Waals surface area contributed by atoms with Crippen molar-refractivity contribution in [3.63, 3.8) is 0 Å². The van der Waals surface area contributed by atoms with Crippen molar-refractivity contribution in [2.45, 2.75) is 19.6 Å². The van der Waals surface area contributed by atoms with Gasteiger partial charge in [0.2, 0.25) is 5.95 Å². The quantitative estimate of drug-likeness (QED) is 0.411. The number of benzene rings is 1. The van der Waals surface area contributed by atoms with Gasteiger partial charge >= 0.3 is 5.69 Å². The summed E-state index contributed by atoms with van der Waals surface area (Å²) in [7, 11) is 1.49. The normalized spacial score (nSPS) is 12.3. The van der Waals surface area contributed by atoms with Gasteiger partial charge in [0.05, 0.1) is 13.2 Å². The van der Waals surface area contributed by atoms with Gasteiger partial charge in [0.1, 0.15) is 18.5 Å². The van der Waals surface area contributed by atoms with Crippen molar-refractivity contribution in [2.75, 3.05) is 25.1 Å².